The van der Waals surface area contributed by atoms with Gasteiger partial charge < -0.3 is 14.6 Å². The van der Waals surface area contributed by atoms with E-state index in [1.54, 1.807) is 4.57 Å². The van der Waals surface area contributed by atoms with E-state index in [4.69, 9.17) is 4.74 Å². The molecule has 160 valence electrons. The van der Waals surface area contributed by atoms with Gasteiger partial charge in [-0.1, -0.05) is 25.5 Å². The molecule has 1 fully saturated rings. The van der Waals surface area contributed by atoms with Crippen molar-refractivity contribution >= 4 is 28.9 Å². The predicted octanol–water partition coefficient (Wildman–Crippen LogP) is 1.66. The first kappa shape index (κ1) is 21.5. The highest BCUT2D eigenvalue weighted by Crippen LogP contribution is 2.18. The second kappa shape index (κ2) is 10.00. The lowest BCUT2D eigenvalue weighted by Gasteiger charge is -2.12. The molecule has 0 radical (unpaired) electrons. The second-order valence-electron chi connectivity index (χ2n) is 7.31. The van der Waals surface area contributed by atoms with Crippen LogP contribution in [0.15, 0.2) is 29.1 Å². The van der Waals surface area contributed by atoms with Gasteiger partial charge in [-0.2, -0.15) is 0 Å². The molecule has 0 atom stereocenters. The van der Waals surface area contributed by atoms with Gasteiger partial charge in [-0.3, -0.25) is 19.7 Å². The number of amides is 3. The van der Waals surface area contributed by atoms with Gasteiger partial charge in [0, 0.05) is 19.0 Å². The third kappa shape index (κ3) is 5.88. The van der Waals surface area contributed by atoms with E-state index in [0.717, 1.165) is 31.2 Å². The minimum Gasteiger partial charge on any atom is -0.456 e. The minimum atomic E-state index is -0.702. The molecule has 1 aliphatic rings. The van der Waals surface area contributed by atoms with Crippen molar-refractivity contribution in [3.63, 3.8) is 0 Å². The first-order chi connectivity index (χ1) is 14.5. The van der Waals surface area contributed by atoms with E-state index in [2.05, 4.69) is 22.5 Å². The van der Waals surface area contributed by atoms with Crippen LogP contribution < -0.4 is 16.2 Å². The molecule has 0 unspecified atom stereocenters. The third-order valence-corrected chi connectivity index (χ3v) is 4.75. The topological polar surface area (TPSA) is 119 Å². The van der Waals surface area contributed by atoms with Crippen LogP contribution in [0.4, 0.5) is 4.79 Å². The molecule has 2 N–H and O–H groups in total. The summed E-state index contributed by atoms with van der Waals surface area (Å²) < 4.78 is 6.59. The molecular weight excluding hydrogens is 388 g/mol. The number of nitrogens with zero attached hydrogens (tertiary/aromatic N) is 2. The Hall–Kier alpha value is -3.23. The SMILES string of the molecule is CCCCn1c(=O)c(CCC(=O)OCC(=O)NC(=O)NC2CC2)nc2ccccc21. The molecule has 30 heavy (non-hydrogen) atoms. The van der Waals surface area contributed by atoms with Crippen LogP contribution in [0.3, 0.4) is 0 Å². The Morgan fingerprint density at radius 1 is 1.23 bits per heavy atom. The normalized spacial score (nSPS) is 13.1. The van der Waals surface area contributed by atoms with Crippen LogP contribution in [0.25, 0.3) is 11.0 Å². The van der Waals surface area contributed by atoms with Gasteiger partial charge >= 0.3 is 12.0 Å². The maximum atomic E-state index is 12.8. The van der Waals surface area contributed by atoms with Gasteiger partial charge in [-0.05, 0) is 31.4 Å². The zero-order valence-electron chi connectivity index (χ0n) is 17.0. The summed E-state index contributed by atoms with van der Waals surface area (Å²) in [4.78, 5) is 52.4. The van der Waals surface area contributed by atoms with Crippen LogP contribution in [0, 0.1) is 0 Å². The average Bonchev–Trinajstić information content (AvgIpc) is 3.54. The van der Waals surface area contributed by atoms with E-state index in [1.807, 2.05) is 24.3 Å². The number of hydrogen-bond donors (Lipinski definition) is 2. The largest absolute Gasteiger partial charge is 0.456 e. The molecule has 1 heterocycles. The number of carbonyl (C=O) groups is 3. The number of carbonyl (C=O) groups excluding carboxylic acids is 3. The first-order valence-corrected chi connectivity index (χ1v) is 10.2. The van der Waals surface area contributed by atoms with Gasteiger partial charge in [-0.15, -0.1) is 0 Å². The highest BCUT2D eigenvalue weighted by molar-refractivity contribution is 5.95. The van der Waals surface area contributed by atoms with Crippen molar-refractivity contribution in [3.05, 3.63) is 40.3 Å². The van der Waals surface area contributed by atoms with Crippen LogP contribution in [0.2, 0.25) is 0 Å². The Labute approximate surface area is 173 Å². The van der Waals surface area contributed by atoms with Gasteiger partial charge in [0.15, 0.2) is 6.61 Å². The number of para-hydroxylation sites is 2. The van der Waals surface area contributed by atoms with E-state index < -0.39 is 24.5 Å². The van der Waals surface area contributed by atoms with Crippen molar-refractivity contribution in [2.75, 3.05) is 6.61 Å². The molecule has 9 heteroatoms. The number of ether oxygens (including phenoxy) is 1. The average molecular weight is 414 g/mol. The van der Waals surface area contributed by atoms with Crippen molar-refractivity contribution in [2.45, 2.75) is 58.0 Å². The van der Waals surface area contributed by atoms with E-state index in [0.29, 0.717) is 12.1 Å². The fourth-order valence-corrected chi connectivity index (χ4v) is 3.00. The summed E-state index contributed by atoms with van der Waals surface area (Å²) in [6.07, 6.45) is 3.64. The number of rotatable bonds is 9. The summed E-state index contributed by atoms with van der Waals surface area (Å²) in [7, 11) is 0. The van der Waals surface area contributed by atoms with Gasteiger partial charge in [-0.25, -0.2) is 9.78 Å². The summed E-state index contributed by atoms with van der Waals surface area (Å²) in [5.74, 6) is -1.34. The number of hydrogen-bond acceptors (Lipinski definition) is 6. The minimum absolute atomic E-state index is 0.0874. The molecule has 3 rings (SSSR count). The molecule has 1 saturated carbocycles. The molecule has 0 spiro atoms. The van der Waals surface area contributed by atoms with Crippen molar-refractivity contribution < 1.29 is 19.1 Å². The highest BCUT2D eigenvalue weighted by atomic mass is 16.5. The maximum Gasteiger partial charge on any atom is 0.321 e. The standard InChI is InChI=1S/C21H26N4O5/c1-2-3-12-25-17-7-5-4-6-15(17)23-16(20(25)28)10-11-19(27)30-13-18(26)24-21(29)22-14-8-9-14/h4-7,14H,2-3,8-13H2,1H3,(H2,22,24,26,29). The van der Waals surface area contributed by atoms with Crippen molar-refractivity contribution in [3.8, 4) is 0 Å². The molecule has 0 saturated heterocycles. The summed E-state index contributed by atoms with van der Waals surface area (Å²) >= 11 is 0. The van der Waals surface area contributed by atoms with Gasteiger partial charge in [0.05, 0.1) is 17.5 Å². The van der Waals surface area contributed by atoms with Crippen molar-refractivity contribution in [2.24, 2.45) is 0 Å². The predicted molar refractivity (Wildman–Crippen MR) is 110 cm³/mol. The molecule has 1 aromatic carbocycles. The summed E-state index contributed by atoms with van der Waals surface area (Å²) in [6, 6.07) is 6.92. The molecule has 3 amide bonds. The number of benzene rings is 1. The third-order valence-electron chi connectivity index (χ3n) is 4.75. The number of esters is 1. The summed E-state index contributed by atoms with van der Waals surface area (Å²) in [5.41, 5.74) is 1.53. The van der Waals surface area contributed by atoms with Crippen LogP contribution in [-0.2, 0) is 27.3 Å². The smallest absolute Gasteiger partial charge is 0.321 e. The Morgan fingerprint density at radius 2 is 2.00 bits per heavy atom. The van der Waals surface area contributed by atoms with Gasteiger partial charge in [0.2, 0.25) is 0 Å². The summed E-state index contributed by atoms with van der Waals surface area (Å²) in [5, 5.41) is 4.71. The monoisotopic (exact) mass is 414 g/mol. The van der Waals surface area contributed by atoms with Gasteiger partial charge in [0.1, 0.15) is 5.69 Å². The molecule has 1 aliphatic carbocycles. The molecule has 0 aliphatic heterocycles. The number of unbranched alkanes of at least 4 members (excludes halogenated alkanes) is 1. The lowest BCUT2D eigenvalue weighted by molar-refractivity contribution is -0.148. The Morgan fingerprint density at radius 3 is 2.73 bits per heavy atom. The molecule has 9 nitrogen and oxygen atoms in total. The Balaban J connectivity index is 1.56. The van der Waals surface area contributed by atoms with E-state index in [9.17, 15) is 19.2 Å². The number of imide groups is 1. The van der Waals surface area contributed by atoms with E-state index in [1.165, 1.54) is 0 Å². The molecule has 1 aromatic heterocycles. The van der Waals surface area contributed by atoms with E-state index in [-0.39, 0.29) is 30.1 Å². The number of urea groups is 1. The fraction of sp³-hybridized carbons (Fsp3) is 0.476. The highest BCUT2D eigenvalue weighted by Gasteiger charge is 2.24. The Bertz CT molecular complexity index is 997. The first-order valence-electron chi connectivity index (χ1n) is 10.2. The maximum absolute atomic E-state index is 12.8. The lowest BCUT2D eigenvalue weighted by atomic mass is 10.2. The summed E-state index contributed by atoms with van der Waals surface area (Å²) in [6.45, 7) is 2.08. The molecule has 0 bridgehead atoms. The van der Waals surface area contributed by atoms with Crippen LogP contribution >= 0.6 is 0 Å². The zero-order valence-corrected chi connectivity index (χ0v) is 17.0. The fourth-order valence-electron chi connectivity index (χ4n) is 3.00. The van der Waals surface area contributed by atoms with Crippen molar-refractivity contribution in [1.29, 1.82) is 0 Å². The quantitative estimate of drug-likeness (QED) is 0.602. The van der Waals surface area contributed by atoms with Crippen LogP contribution in [0.1, 0.15) is 44.7 Å². The number of aryl methyl sites for hydroxylation is 2. The van der Waals surface area contributed by atoms with Gasteiger partial charge in [0.25, 0.3) is 11.5 Å². The number of fused-ring (bicyclic) bond motifs is 1. The van der Waals surface area contributed by atoms with Crippen LogP contribution in [-0.4, -0.2) is 40.1 Å². The van der Waals surface area contributed by atoms with Crippen molar-refractivity contribution in [1.82, 2.24) is 20.2 Å². The second-order valence-corrected chi connectivity index (χ2v) is 7.31. The zero-order chi connectivity index (χ0) is 21.5. The van der Waals surface area contributed by atoms with Crippen LogP contribution in [0.5, 0.6) is 0 Å². The Kier molecular flexibility index (Phi) is 7.16. The molecule has 2 aromatic rings. The molecular formula is C21H26N4O5. The number of aromatic nitrogens is 2. The lowest BCUT2D eigenvalue weighted by Crippen LogP contribution is -2.42. The number of nitrogens with one attached hydrogen (secondary N) is 2. The van der Waals surface area contributed by atoms with E-state index >= 15 is 0 Å².